The number of nitrogens with one attached hydrogen (secondary N) is 1. The molecule has 1 amide bonds. The van der Waals surface area contributed by atoms with Gasteiger partial charge in [-0.25, -0.2) is 9.48 Å². The van der Waals surface area contributed by atoms with Crippen LogP contribution in [0.15, 0.2) is 12.3 Å². The van der Waals surface area contributed by atoms with Crippen molar-refractivity contribution in [2.75, 3.05) is 39.9 Å². The number of hydrogen-bond donors (Lipinski definition) is 1. The van der Waals surface area contributed by atoms with E-state index in [2.05, 4.69) is 36.1 Å². The molecule has 208 valence electrons. The Morgan fingerprint density at radius 1 is 1.30 bits per heavy atom. The SMILES string of the molecule is CN(CCNCCc1nn(C2CCCCO2)cc1C1=CCC2(CC1)CC(C)(C)CO2)C(=O)OC(C)(C)C. The van der Waals surface area contributed by atoms with Gasteiger partial charge in [0.2, 0.25) is 0 Å². The molecule has 2 atom stereocenters. The highest BCUT2D eigenvalue weighted by atomic mass is 16.6. The van der Waals surface area contributed by atoms with E-state index in [0.29, 0.717) is 13.1 Å². The molecule has 3 heterocycles. The first-order valence-electron chi connectivity index (χ1n) is 14.1. The molecule has 2 aliphatic heterocycles. The summed E-state index contributed by atoms with van der Waals surface area (Å²) in [6, 6.07) is 0. The highest BCUT2D eigenvalue weighted by molar-refractivity contribution is 5.68. The van der Waals surface area contributed by atoms with E-state index in [1.165, 1.54) is 17.6 Å². The fraction of sp³-hybridized carbons (Fsp3) is 0.793. The fourth-order valence-electron chi connectivity index (χ4n) is 5.71. The maximum atomic E-state index is 12.2. The Labute approximate surface area is 223 Å². The minimum absolute atomic E-state index is 0.0113. The smallest absolute Gasteiger partial charge is 0.410 e. The third-order valence-corrected chi connectivity index (χ3v) is 7.61. The van der Waals surface area contributed by atoms with Crippen molar-refractivity contribution in [3.05, 3.63) is 23.5 Å². The van der Waals surface area contributed by atoms with Gasteiger partial charge >= 0.3 is 6.09 Å². The van der Waals surface area contributed by atoms with E-state index < -0.39 is 5.60 Å². The van der Waals surface area contributed by atoms with Crippen LogP contribution < -0.4 is 5.32 Å². The molecule has 2 saturated heterocycles. The van der Waals surface area contributed by atoms with Crippen molar-refractivity contribution in [2.24, 2.45) is 5.41 Å². The second-order valence-electron chi connectivity index (χ2n) is 12.9. The van der Waals surface area contributed by atoms with Crippen LogP contribution >= 0.6 is 0 Å². The van der Waals surface area contributed by atoms with Gasteiger partial charge in [0.25, 0.3) is 0 Å². The number of carbonyl (C=O) groups is 1. The summed E-state index contributed by atoms with van der Waals surface area (Å²) < 4.78 is 19.9. The number of amides is 1. The molecule has 2 unspecified atom stereocenters. The lowest BCUT2D eigenvalue weighted by molar-refractivity contribution is -0.0397. The van der Waals surface area contributed by atoms with Crippen molar-refractivity contribution >= 4 is 11.7 Å². The average molecular weight is 517 g/mol. The van der Waals surface area contributed by atoms with E-state index in [0.717, 1.165) is 70.4 Å². The first-order valence-corrected chi connectivity index (χ1v) is 14.1. The molecule has 8 heteroatoms. The molecule has 8 nitrogen and oxygen atoms in total. The first-order chi connectivity index (χ1) is 17.5. The molecule has 37 heavy (non-hydrogen) atoms. The summed E-state index contributed by atoms with van der Waals surface area (Å²) in [5.74, 6) is 0. The Balaban J connectivity index is 1.37. The second-order valence-corrected chi connectivity index (χ2v) is 12.9. The lowest BCUT2D eigenvalue weighted by Gasteiger charge is -2.32. The van der Waals surface area contributed by atoms with E-state index >= 15 is 0 Å². The second kappa shape index (κ2) is 11.5. The monoisotopic (exact) mass is 516 g/mol. The zero-order valence-electron chi connectivity index (χ0n) is 23.9. The molecule has 0 aromatic carbocycles. The molecule has 1 spiro atoms. The molecule has 0 radical (unpaired) electrons. The number of likely N-dealkylation sites (N-methyl/N-ethyl adjacent to an activating group) is 1. The maximum Gasteiger partial charge on any atom is 0.410 e. The summed E-state index contributed by atoms with van der Waals surface area (Å²) in [6.45, 7) is 14.0. The van der Waals surface area contributed by atoms with Crippen molar-refractivity contribution in [3.8, 4) is 0 Å². The van der Waals surface area contributed by atoms with Crippen LogP contribution in [-0.2, 0) is 20.6 Å². The predicted molar refractivity (Wildman–Crippen MR) is 145 cm³/mol. The van der Waals surface area contributed by atoms with Crippen LogP contribution in [0.5, 0.6) is 0 Å². The van der Waals surface area contributed by atoms with E-state index in [-0.39, 0.29) is 23.3 Å². The van der Waals surface area contributed by atoms with E-state index in [9.17, 15) is 4.79 Å². The quantitative estimate of drug-likeness (QED) is 0.471. The van der Waals surface area contributed by atoms with Gasteiger partial charge in [0, 0.05) is 51.5 Å². The third-order valence-electron chi connectivity index (χ3n) is 7.61. The molecule has 1 aromatic heterocycles. The highest BCUT2D eigenvalue weighted by Gasteiger charge is 2.45. The van der Waals surface area contributed by atoms with Crippen LogP contribution in [0.25, 0.3) is 5.57 Å². The maximum absolute atomic E-state index is 12.2. The van der Waals surface area contributed by atoms with Crippen LogP contribution in [-0.4, -0.2) is 71.9 Å². The predicted octanol–water partition coefficient (Wildman–Crippen LogP) is 5.33. The number of ether oxygens (including phenoxy) is 3. The number of aromatic nitrogens is 2. The Kier molecular flexibility index (Phi) is 8.71. The number of carbonyl (C=O) groups excluding carboxylic acids is 1. The van der Waals surface area contributed by atoms with Crippen LogP contribution in [0.3, 0.4) is 0 Å². The Hall–Kier alpha value is -1.90. The van der Waals surface area contributed by atoms with E-state index in [1.54, 1.807) is 11.9 Å². The molecule has 3 aliphatic rings. The number of hydrogen-bond acceptors (Lipinski definition) is 6. The van der Waals surface area contributed by atoms with Crippen LogP contribution in [0, 0.1) is 5.41 Å². The molecule has 0 bridgehead atoms. The number of nitrogens with zero attached hydrogens (tertiary/aromatic N) is 3. The summed E-state index contributed by atoms with van der Waals surface area (Å²) in [7, 11) is 1.77. The Bertz CT molecular complexity index is 958. The lowest BCUT2D eigenvalue weighted by Crippen LogP contribution is -2.38. The molecule has 4 rings (SSSR count). The molecular weight excluding hydrogens is 468 g/mol. The summed E-state index contributed by atoms with van der Waals surface area (Å²) in [4.78, 5) is 13.8. The highest BCUT2D eigenvalue weighted by Crippen LogP contribution is 2.47. The van der Waals surface area contributed by atoms with Gasteiger partial charge < -0.3 is 24.4 Å². The van der Waals surface area contributed by atoms with Gasteiger partial charge in [-0.05, 0) is 76.7 Å². The zero-order valence-corrected chi connectivity index (χ0v) is 23.9. The lowest BCUT2D eigenvalue weighted by atomic mass is 9.76. The zero-order chi connectivity index (χ0) is 26.7. The van der Waals surface area contributed by atoms with Gasteiger partial charge in [-0.3, -0.25) is 0 Å². The molecule has 0 saturated carbocycles. The topological polar surface area (TPSA) is 77.9 Å². The largest absolute Gasteiger partial charge is 0.444 e. The van der Waals surface area contributed by atoms with Crippen molar-refractivity contribution < 1.29 is 19.0 Å². The van der Waals surface area contributed by atoms with Crippen molar-refractivity contribution in [1.82, 2.24) is 20.0 Å². The van der Waals surface area contributed by atoms with Gasteiger partial charge in [0.15, 0.2) is 0 Å². The summed E-state index contributed by atoms with van der Waals surface area (Å²) >= 11 is 0. The number of rotatable bonds is 8. The Morgan fingerprint density at radius 3 is 2.73 bits per heavy atom. The van der Waals surface area contributed by atoms with Gasteiger partial charge in [0.05, 0.1) is 17.9 Å². The minimum atomic E-state index is -0.483. The molecule has 1 N–H and O–H groups in total. The van der Waals surface area contributed by atoms with Crippen molar-refractivity contribution in [2.45, 2.75) is 103 Å². The summed E-state index contributed by atoms with van der Waals surface area (Å²) in [6.07, 6.45) is 12.7. The summed E-state index contributed by atoms with van der Waals surface area (Å²) in [5.41, 5.74) is 3.57. The van der Waals surface area contributed by atoms with Crippen LogP contribution in [0.1, 0.15) is 97.0 Å². The average Bonchev–Trinajstić information content (AvgIpc) is 3.39. The third kappa shape index (κ3) is 7.58. The van der Waals surface area contributed by atoms with Gasteiger partial charge in [-0.2, -0.15) is 5.10 Å². The molecule has 2 fully saturated rings. The van der Waals surface area contributed by atoms with Crippen LogP contribution in [0.2, 0.25) is 0 Å². The standard InChI is InChI=1S/C29H48N4O4/c1-27(2,3)37-26(34)32(6)17-16-30-15-12-24-23(19-33(31-24)25-9-7-8-18-35-25)22-10-13-29(14-11-22)20-28(4,5)21-36-29/h10,19,25,30H,7-9,11-18,20-21H2,1-6H3. The van der Waals surface area contributed by atoms with Gasteiger partial charge in [-0.15, -0.1) is 0 Å². The molecule has 1 aromatic rings. The van der Waals surface area contributed by atoms with Crippen molar-refractivity contribution in [3.63, 3.8) is 0 Å². The van der Waals surface area contributed by atoms with E-state index in [1.807, 2.05) is 20.8 Å². The fourth-order valence-corrected chi connectivity index (χ4v) is 5.71. The van der Waals surface area contributed by atoms with Gasteiger partial charge in [-0.1, -0.05) is 19.9 Å². The minimum Gasteiger partial charge on any atom is -0.444 e. The summed E-state index contributed by atoms with van der Waals surface area (Å²) in [5, 5.41) is 8.50. The first kappa shape index (κ1) is 28.1. The van der Waals surface area contributed by atoms with Crippen molar-refractivity contribution in [1.29, 1.82) is 0 Å². The van der Waals surface area contributed by atoms with Gasteiger partial charge in [0.1, 0.15) is 11.8 Å². The van der Waals surface area contributed by atoms with E-state index in [4.69, 9.17) is 19.3 Å². The Morgan fingerprint density at radius 2 is 2.11 bits per heavy atom. The van der Waals surface area contributed by atoms with Crippen LogP contribution in [0.4, 0.5) is 4.79 Å². The molecule has 1 aliphatic carbocycles. The molecular formula is C29H48N4O4. The normalized spacial score (nSPS) is 25.8. The number of allylic oxidation sites excluding steroid dienone is 1.